The molecule has 89 valence electrons. The number of nitrogens with zero attached hydrogens (tertiary/aromatic N) is 4. The minimum absolute atomic E-state index is 0.907. The maximum atomic E-state index is 4.47. The first-order chi connectivity index (χ1) is 8.24. The van der Waals surface area contributed by atoms with Gasteiger partial charge in [0.05, 0.1) is 11.9 Å². The van der Waals surface area contributed by atoms with Gasteiger partial charge in [-0.1, -0.05) is 12.1 Å². The smallest absolute Gasteiger partial charge is 0.171 e. The summed E-state index contributed by atoms with van der Waals surface area (Å²) in [5.74, 6) is 0.907. The fourth-order valence-electron chi connectivity index (χ4n) is 1.75. The topological polar surface area (TPSA) is 34.0 Å². The molecule has 0 aliphatic carbocycles. The van der Waals surface area contributed by atoms with Crippen LogP contribution in [0.15, 0.2) is 30.5 Å². The van der Waals surface area contributed by atoms with Crippen molar-refractivity contribution in [2.24, 2.45) is 0 Å². The van der Waals surface area contributed by atoms with Crippen molar-refractivity contribution in [2.45, 2.75) is 13.8 Å². The number of anilines is 1. The molecular formula is C13H17N4. The van der Waals surface area contributed by atoms with Crippen LogP contribution in [0.2, 0.25) is 0 Å². The molecule has 1 heterocycles. The predicted molar refractivity (Wildman–Crippen MR) is 69.4 cm³/mol. The molecule has 1 radical (unpaired) electrons. The zero-order chi connectivity index (χ0) is 12.3. The number of benzene rings is 1. The highest BCUT2D eigenvalue weighted by molar-refractivity contribution is 5.39. The standard InChI is InChI=1S/C13H17N4/c1-4-16(5-2)13-10-14-17(15-13)12-8-6-7-11(3)9-12/h6-10H,3-5H2,1-2H3. The molecule has 0 saturated heterocycles. The SMILES string of the molecule is [CH2]c1cccc(-n2ncc(N(CC)CC)n2)c1. The van der Waals surface area contributed by atoms with Gasteiger partial charge in [0.2, 0.25) is 0 Å². The van der Waals surface area contributed by atoms with Gasteiger partial charge in [-0.25, -0.2) is 0 Å². The minimum Gasteiger partial charge on any atom is -0.354 e. The van der Waals surface area contributed by atoms with Gasteiger partial charge in [-0.05, 0) is 38.5 Å². The van der Waals surface area contributed by atoms with Crippen LogP contribution in [0.25, 0.3) is 5.69 Å². The van der Waals surface area contributed by atoms with Crippen molar-refractivity contribution in [1.82, 2.24) is 15.0 Å². The van der Waals surface area contributed by atoms with Gasteiger partial charge in [-0.2, -0.15) is 5.10 Å². The second-order valence-corrected chi connectivity index (χ2v) is 3.83. The number of hydrogen-bond acceptors (Lipinski definition) is 3. The van der Waals surface area contributed by atoms with Crippen LogP contribution in [0.1, 0.15) is 19.4 Å². The molecule has 0 amide bonds. The molecule has 0 atom stereocenters. The molecule has 0 aliphatic heterocycles. The molecule has 17 heavy (non-hydrogen) atoms. The Morgan fingerprint density at radius 1 is 1.29 bits per heavy atom. The lowest BCUT2D eigenvalue weighted by Crippen LogP contribution is -2.22. The summed E-state index contributed by atoms with van der Waals surface area (Å²) in [6.45, 7) is 9.99. The Morgan fingerprint density at radius 2 is 2.06 bits per heavy atom. The van der Waals surface area contributed by atoms with Crippen LogP contribution >= 0.6 is 0 Å². The first-order valence-electron chi connectivity index (χ1n) is 5.84. The predicted octanol–water partition coefficient (Wildman–Crippen LogP) is 2.30. The Hall–Kier alpha value is -1.84. The summed E-state index contributed by atoms with van der Waals surface area (Å²) in [6.07, 6.45) is 1.79. The van der Waals surface area contributed by atoms with Gasteiger partial charge in [0.25, 0.3) is 0 Å². The summed E-state index contributed by atoms with van der Waals surface area (Å²) >= 11 is 0. The highest BCUT2D eigenvalue weighted by Crippen LogP contribution is 2.12. The van der Waals surface area contributed by atoms with E-state index in [0.29, 0.717) is 0 Å². The van der Waals surface area contributed by atoms with Gasteiger partial charge < -0.3 is 4.90 Å². The second-order valence-electron chi connectivity index (χ2n) is 3.83. The summed E-state index contributed by atoms with van der Waals surface area (Å²) < 4.78 is 0. The summed E-state index contributed by atoms with van der Waals surface area (Å²) in [5.41, 5.74) is 1.90. The van der Waals surface area contributed by atoms with Crippen LogP contribution in [0.5, 0.6) is 0 Å². The maximum Gasteiger partial charge on any atom is 0.171 e. The molecule has 0 aliphatic rings. The van der Waals surface area contributed by atoms with E-state index in [-0.39, 0.29) is 0 Å². The fourth-order valence-corrected chi connectivity index (χ4v) is 1.75. The molecule has 1 aromatic carbocycles. The molecule has 0 bridgehead atoms. The average molecular weight is 229 g/mol. The largest absolute Gasteiger partial charge is 0.354 e. The molecule has 1 aromatic heterocycles. The summed E-state index contributed by atoms with van der Waals surface area (Å²) in [6, 6.07) is 7.85. The van der Waals surface area contributed by atoms with E-state index >= 15 is 0 Å². The van der Waals surface area contributed by atoms with E-state index in [2.05, 4.69) is 35.9 Å². The molecule has 0 N–H and O–H groups in total. The van der Waals surface area contributed by atoms with Crippen molar-refractivity contribution in [2.75, 3.05) is 18.0 Å². The van der Waals surface area contributed by atoms with E-state index in [0.717, 1.165) is 30.2 Å². The lowest BCUT2D eigenvalue weighted by Gasteiger charge is -2.16. The van der Waals surface area contributed by atoms with Crippen molar-refractivity contribution in [1.29, 1.82) is 0 Å². The molecule has 4 heteroatoms. The van der Waals surface area contributed by atoms with E-state index in [9.17, 15) is 0 Å². The van der Waals surface area contributed by atoms with E-state index in [4.69, 9.17) is 0 Å². The molecule has 2 aromatic rings. The van der Waals surface area contributed by atoms with Crippen molar-refractivity contribution < 1.29 is 0 Å². The van der Waals surface area contributed by atoms with E-state index < -0.39 is 0 Å². The summed E-state index contributed by atoms with van der Waals surface area (Å²) in [7, 11) is 0. The lowest BCUT2D eigenvalue weighted by molar-refractivity contribution is 0.739. The zero-order valence-electron chi connectivity index (χ0n) is 10.3. The molecule has 0 fully saturated rings. The van der Waals surface area contributed by atoms with Crippen molar-refractivity contribution in [3.8, 4) is 5.69 Å². The van der Waals surface area contributed by atoms with E-state index in [1.54, 1.807) is 11.0 Å². The van der Waals surface area contributed by atoms with Crippen molar-refractivity contribution in [3.63, 3.8) is 0 Å². The molecule has 4 nitrogen and oxygen atoms in total. The van der Waals surface area contributed by atoms with Crippen LogP contribution in [0, 0.1) is 6.92 Å². The third-order valence-corrected chi connectivity index (χ3v) is 2.71. The third-order valence-electron chi connectivity index (χ3n) is 2.71. The highest BCUT2D eigenvalue weighted by atomic mass is 15.5. The van der Waals surface area contributed by atoms with Gasteiger partial charge in [0, 0.05) is 13.1 Å². The van der Waals surface area contributed by atoms with E-state index in [1.165, 1.54) is 0 Å². The third kappa shape index (κ3) is 2.46. The molecule has 2 rings (SSSR count). The summed E-state index contributed by atoms with van der Waals surface area (Å²) in [5, 5.41) is 8.75. The Labute approximate surface area is 102 Å². The van der Waals surface area contributed by atoms with Crippen LogP contribution in [-0.4, -0.2) is 28.1 Å². The minimum atomic E-state index is 0.907. The number of hydrogen-bond donors (Lipinski definition) is 0. The number of rotatable bonds is 4. The Kier molecular flexibility index (Phi) is 3.42. The van der Waals surface area contributed by atoms with Crippen LogP contribution in [-0.2, 0) is 0 Å². The molecule has 0 spiro atoms. The van der Waals surface area contributed by atoms with E-state index in [1.807, 2.05) is 24.3 Å². The van der Waals surface area contributed by atoms with Gasteiger partial charge in [-0.15, -0.1) is 9.90 Å². The number of aromatic nitrogens is 3. The van der Waals surface area contributed by atoms with Crippen molar-refractivity contribution in [3.05, 3.63) is 42.9 Å². The second kappa shape index (κ2) is 4.99. The maximum absolute atomic E-state index is 4.47. The zero-order valence-corrected chi connectivity index (χ0v) is 10.3. The molecule has 0 unspecified atom stereocenters. The van der Waals surface area contributed by atoms with Crippen molar-refractivity contribution >= 4 is 5.82 Å². The summed E-state index contributed by atoms with van der Waals surface area (Å²) in [4.78, 5) is 3.81. The van der Waals surface area contributed by atoms with Gasteiger partial charge in [-0.3, -0.25) is 0 Å². The van der Waals surface area contributed by atoms with Crippen LogP contribution in [0.4, 0.5) is 5.82 Å². The quantitative estimate of drug-likeness (QED) is 0.806. The monoisotopic (exact) mass is 229 g/mol. The van der Waals surface area contributed by atoms with Crippen LogP contribution in [0.3, 0.4) is 0 Å². The first-order valence-corrected chi connectivity index (χ1v) is 5.84. The normalized spacial score (nSPS) is 10.5. The fraction of sp³-hybridized carbons (Fsp3) is 0.308. The average Bonchev–Trinajstić information content (AvgIpc) is 2.80. The van der Waals surface area contributed by atoms with Gasteiger partial charge in [0.15, 0.2) is 5.82 Å². The highest BCUT2D eigenvalue weighted by Gasteiger charge is 2.07. The van der Waals surface area contributed by atoms with Gasteiger partial charge >= 0.3 is 0 Å². The molecule has 0 saturated carbocycles. The first kappa shape index (κ1) is 11.6. The Balaban J connectivity index is 2.29. The lowest BCUT2D eigenvalue weighted by atomic mass is 10.2. The molecular weight excluding hydrogens is 212 g/mol. The van der Waals surface area contributed by atoms with Gasteiger partial charge in [0.1, 0.15) is 0 Å². The Bertz CT molecular complexity index is 486. The Morgan fingerprint density at radius 3 is 2.71 bits per heavy atom. The van der Waals surface area contributed by atoms with Crippen LogP contribution < -0.4 is 4.90 Å².